The largest absolute Gasteiger partial charge is 0.492 e. The van der Waals surface area contributed by atoms with Crippen molar-refractivity contribution in [2.45, 2.75) is 39.5 Å². The molecule has 2 aromatic rings. The summed E-state index contributed by atoms with van der Waals surface area (Å²) in [6.45, 7) is 6.43. The van der Waals surface area contributed by atoms with E-state index in [1.165, 1.54) is 12.8 Å². The zero-order chi connectivity index (χ0) is 23.2. The topological polar surface area (TPSA) is 68.8 Å². The Morgan fingerprint density at radius 3 is 2.59 bits per heavy atom. The highest BCUT2D eigenvalue weighted by atomic mass is 79.9. The predicted molar refractivity (Wildman–Crippen MR) is 136 cm³/mol. The van der Waals surface area contributed by atoms with E-state index < -0.39 is 0 Å². The Morgan fingerprint density at radius 1 is 1.00 bits per heavy atom. The number of anilines is 1. The molecule has 0 saturated heterocycles. The molecule has 0 atom stereocenters. The maximum atomic E-state index is 12.6. The minimum absolute atomic E-state index is 0.203. The molecule has 0 aliphatic carbocycles. The molecule has 0 aromatic heterocycles. The van der Waals surface area contributed by atoms with Crippen LogP contribution in [-0.4, -0.2) is 37.4 Å². The molecule has 0 spiro atoms. The highest BCUT2D eigenvalue weighted by Crippen LogP contribution is 2.26. The predicted octanol–water partition coefficient (Wildman–Crippen LogP) is 5.95. The molecule has 32 heavy (non-hydrogen) atoms. The van der Waals surface area contributed by atoms with Gasteiger partial charge in [0.05, 0.1) is 17.7 Å². The molecule has 174 valence electrons. The molecule has 6 nitrogen and oxygen atoms in total. The third-order valence-electron chi connectivity index (χ3n) is 4.47. The van der Waals surface area contributed by atoms with E-state index in [0.717, 1.165) is 28.8 Å². The minimum atomic E-state index is -0.304. The fourth-order valence-corrected chi connectivity index (χ4v) is 3.54. The van der Waals surface area contributed by atoms with Crippen molar-refractivity contribution in [2.24, 2.45) is 0 Å². The van der Waals surface area contributed by atoms with Crippen molar-refractivity contribution in [3.8, 4) is 11.5 Å². The first-order valence-corrected chi connectivity index (χ1v) is 12.1. The molecular weight excluding hydrogens is 492 g/mol. The monoisotopic (exact) mass is 522 g/mol. The average molecular weight is 523 g/mol. The Labute approximate surface area is 204 Å². The number of halogens is 1. The molecule has 0 bridgehead atoms. The van der Waals surface area contributed by atoms with Crippen LogP contribution < -0.4 is 20.1 Å². The lowest BCUT2D eigenvalue weighted by molar-refractivity contribution is 0.0977. The van der Waals surface area contributed by atoms with Crippen LogP contribution in [-0.2, 0) is 4.74 Å². The fourth-order valence-electron chi connectivity index (χ4n) is 2.83. The quantitative estimate of drug-likeness (QED) is 0.250. The van der Waals surface area contributed by atoms with Crippen molar-refractivity contribution in [2.75, 3.05) is 31.7 Å². The van der Waals surface area contributed by atoms with Crippen LogP contribution in [0.2, 0.25) is 0 Å². The summed E-state index contributed by atoms with van der Waals surface area (Å²) in [6.07, 6.45) is 4.57. The second kappa shape index (κ2) is 14.8. The summed E-state index contributed by atoms with van der Waals surface area (Å²) in [4.78, 5) is 12.6. The maximum absolute atomic E-state index is 12.6. The lowest BCUT2D eigenvalue weighted by Crippen LogP contribution is -2.34. The summed E-state index contributed by atoms with van der Waals surface area (Å²) in [5, 5.41) is 5.91. The van der Waals surface area contributed by atoms with Crippen molar-refractivity contribution in [1.82, 2.24) is 5.32 Å². The Bertz CT molecular complexity index is 879. The summed E-state index contributed by atoms with van der Waals surface area (Å²) in [7, 11) is 0. The van der Waals surface area contributed by atoms with Gasteiger partial charge in [-0.3, -0.25) is 10.1 Å². The molecule has 0 aliphatic heterocycles. The molecule has 0 saturated carbocycles. The standard InChI is InChI=1S/C24H31BrN2O4S/c1-3-5-6-7-13-31-22-12-11-18(16-21(22)25)23(28)27-24(32)26-19-9-8-10-20(17-19)30-15-14-29-4-2/h8-12,16-17H,3-7,13-15H2,1-2H3,(H2,26,27,28,32). The van der Waals surface area contributed by atoms with Gasteiger partial charge in [-0.15, -0.1) is 0 Å². The van der Waals surface area contributed by atoms with Crippen LogP contribution in [0.4, 0.5) is 5.69 Å². The normalized spacial score (nSPS) is 10.5. The van der Waals surface area contributed by atoms with E-state index in [2.05, 4.69) is 33.5 Å². The van der Waals surface area contributed by atoms with Crippen molar-refractivity contribution in [3.63, 3.8) is 0 Å². The number of unbranched alkanes of at least 4 members (excludes halogenated alkanes) is 3. The molecule has 2 aromatic carbocycles. The molecule has 0 radical (unpaired) electrons. The molecule has 8 heteroatoms. The first kappa shape index (κ1) is 26.1. The van der Waals surface area contributed by atoms with Crippen molar-refractivity contribution >= 4 is 44.9 Å². The van der Waals surface area contributed by atoms with E-state index in [0.29, 0.717) is 37.7 Å². The number of carbonyl (C=O) groups excluding carboxylic acids is 1. The van der Waals surface area contributed by atoms with Gasteiger partial charge in [0.25, 0.3) is 5.91 Å². The van der Waals surface area contributed by atoms with E-state index in [1.807, 2.05) is 31.2 Å². The van der Waals surface area contributed by atoms with E-state index in [-0.39, 0.29) is 11.0 Å². The number of hydrogen-bond donors (Lipinski definition) is 2. The molecule has 2 rings (SSSR count). The van der Waals surface area contributed by atoms with E-state index in [1.54, 1.807) is 18.2 Å². The summed E-state index contributed by atoms with van der Waals surface area (Å²) < 4.78 is 17.4. The average Bonchev–Trinajstić information content (AvgIpc) is 2.77. The van der Waals surface area contributed by atoms with Crippen molar-refractivity contribution < 1.29 is 19.0 Å². The Balaban J connectivity index is 1.84. The van der Waals surface area contributed by atoms with Gasteiger partial charge in [-0.25, -0.2) is 0 Å². The van der Waals surface area contributed by atoms with Crippen LogP contribution >= 0.6 is 28.1 Å². The van der Waals surface area contributed by atoms with Gasteiger partial charge in [0, 0.05) is 23.9 Å². The molecule has 0 unspecified atom stereocenters. The lowest BCUT2D eigenvalue weighted by Gasteiger charge is -2.12. The third-order valence-corrected chi connectivity index (χ3v) is 5.29. The zero-order valence-corrected chi connectivity index (χ0v) is 21.0. The van der Waals surface area contributed by atoms with E-state index in [4.69, 9.17) is 26.4 Å². The second-order valence-corrected chi connectivity index (χ2v) is 8.30. The minimum Gasteiger partial charge on any atom is -0.492 e. The molecular formula is C24H31BrN2O4S. The van der Waals surface area contributed by atoms with Gasteiger partial charge in [-0.1, -0.05) is 32.3 Å². The Morgan fingerprint density at radius 2 is 1.84 bits per heavy atom. The fraction of sp³-hybridized carbons (Fsp3) is 0.417. The smallest absolute Gasteiger partial charge is 0.257 e. The van der Waals surface area contributed by atoms with Crippen LogP contribution in [0, 0.1) is 0 Å². The summed E-state index contributed by atoms with van der Waals surface area (Å²) in [6, 6.07) is 12.6. The number of benzene rings is 2. The van der Waals surface area contributed by atoms with Gasteiger partial charge in [-0.2, -0.15) is 0 Å². The molecule has 0 fully saturated rings. The number of amides is 1. The van der Waals surface area contributed by atoms with Gasteiger partial charge in [0.15, 0.2) is 5.11 Å². The Hall–Kier alpha value is -2.16. The summed E-state index contributed by atoms with van der Waals surface area (Å²) in [5.74, 6) is 1.11. The van der Waals surface area contributed by atoms with Gasteiger partial charge >= 0.3 is 0 Å². The van der Waals surface area contributed by atoms with Crippen LogP contribution in [0.25, 0.3) is 0 Å². The third kappa shape index (κ3) is 9.54. The number of hydrogen-bond acceptors (Lipinski definition) is 5. The zero-order valence-electron chi connectivity index (χ0n) is 18.6. The van der Waals surface area contributed by atoms with Gasteiger partial charge in [-0.05, 0) is 71.8 Å². The van der Waals surface area contributed by atoms with Crippen LogP contribution in [0.1, 0.15) is 49.9 Å². The van der Waals surface area contributed by atoms with Gasteiger partial charge in [0.2, 0.25) is 0 Å². The van der Waals surface area contributed by atoms with Crippen molar-refractivity contribution in [3.05, 3.63) is 52.5 Å². The SMILES string of the molecule is CCCCCCOc1ccc(C(=O)NC(=S)Nc2cccc(OCCOCC)c2)cc1Br. The Kier molecular flexibility index (Phi) is 12.1. The van der Waals surface area contributed by atoms with Crippen molar-refractivity contribution in [1.29, 1.82) is 0 Å². The first-order chi connectivity index (χ1) is 15.5. The van der Waals surface area contributed by atoms with Crippen LogP contribution in [0.3, 0.4) is 0 Å². The van der Waals surface area contributed by atoms with E-state index >= 15 is 0 Å². The second-order valence-electron chi connectivity index (χ2n) is 7.04. The number of thiocarbonyl (C=S) groups is 1. The van der Waals surface area contributed by atoms with E-state index in [9.17, 15) is 4.79 Å². The highest BCUT2D eigenvalue weighted by Gasteiger charge is 2.11. The number of ether oxygens (including phenoxy) is 3. The number of carbonyl (C=O) groups is 1. The highest BCUT2D eigenvalue weighted by molar-refractivity contribution is 9.10. The maximum Gasteiger partial charge on any atom is 0.257 e. The van der Waals surface area contributed by atoms with Gasteiger partial charge in [0.1, 0.15) is 18.1 Å². The number of rotatable bonds is 13. The van der Waals surface area contributed by atoms with Crippen LogP contribution in [0.15, 0.2) is 46.9 Å². The molecule has 0 aliphatic rings. The summed E-state index contributed by atoms with van der Waals surface area (Å²) in [5.41, 5.74) is 1.20. The number of nitrogens with one attached hydrogen (secondary N) is 2. The van der Waals surface area contributed by atoms with Gasteiger partial charge < -0.3 is 19.5 Å². The molecule has 1 amide bonds. The molecule has 0 heterocycles. The first-order valence-electron chi connectivity index (χ1n) is 10.9. The lowest BCUT2D eigenvalue weighted by atomic mass is 10.2. The summed E-state index contributed by atoms with van der Waals surface area (Å²) >= 11 is 8.77. The molecule has 2 N–H and O–H groups in total. The van der Waals surface area contributed by atoms with Crippen LogP contribution in [0.5, 0.6) is 11.5 Å².